The summed E-state index contributed by atoms with van der Waals surface area (Å²) >= 11 is 0. The van der Waals surface area contributed by atoms with E-state index in [0.29, 0.717) is 0 Å². The van der Waals surface area contributed by atoms with E-state index in [0.717, 1.165) is 0 Å². The van der Waals surface area contributed by atoms with Crippen LogP contribution < -0.4 is 0 Å². The van der Waals surface area contributed by atoms with Crippen LogP contribution in [-0.2, 0) is 13.4 Å². The summed E-state index contributed by atoms with van der Waals surface area (Å²) in [6, 6.07) is 0. The van der Waals surface area contributed by atoms with E-state index < -0.39 is 35.4 Å². The molecule has 0 atom stereocenters. The zero-order chi connectivity index (χ0) is 16.9. The van der Waals surface area contributed by atoms with Crippen molar-refractivity contribution in [3.05, 3.63) is 0 Å². The van der Waals surface area contributed by atoms with Crippen molar-refractivity contribution in [2.45, 2.75) is 89.9 Å². The summed E-state index contributed by atoms with van der Waals surface area (Å²) in [4.78, 5) is 0. The zero-order valence-corrected chi connectivity index (χ0v) is 17.1. The van der Waals surface area contributed by atoms with Crippen LogP contribution in [0.2, 0.25) is 0 Å². The van der Waals surface area contributed by atoms with Gasteiger partial charge in [0.1, 0.15) is 0 Å². The maximum Gasteiger partial charge on any atom is 0.220 e. The molecule has 2 heterocycles. The molecule has 2 aliphatic rings. The molecule has 0 aromatic rings. The Morgan fingerprint density at radius 3 is 1.00 bits per heavy atom. The third kappa shape index (κ3) is 1.57. The minimum Gasteiger partial charge on any atom is -0.291 e. The first-order chi connectivity index (χ1) is 9.02. The molecule has 0 radical (unpaired) electrons. The first-order valence-corrected chi connectivity index (χ1v) is 11.2. The molecule has 2 rings (SSSR count). The van der Waals surface area contributed by atoms with Crippen molar-refractivity contribution < 1.29 is 13.4 Å². The molecule has 0 bridgehead atoms. The van der Waals surface area contributed by atoms with Gasteiger partial charge < -0.3 is 0 Å². The van der Waals surface area contributed by atoms with Crippen molar-refractivity contribution in [3.63, 3.8) is 0 Å². The molecule has 0 saturated carbocycles. The maximum atomic E-state index is 13.7. The summed E-state index contributed by atoms with van der Waals surface area (Å²) in [6.07, 6.45) is 0. The lowest BCUT2D eigenvalue weighted by atomic mass is 9.83. The topological polar surface area (TPSA) is 43.4 Å². The van der Waals surface area contributed by atoms with E-state index in [-0.39, 0.29) is 11.8 Å². The van der Waals surface area contributed by atoms with Crippen molar-refractivity contribution in [1.29, 1.82) is 0 Å². The van der Waals surface area contributed by atoms with E-state index >= 15 is 0 Å². The highest BCUT2D eigenvalue weighted by Crippen LogP contribution is 2.93. The van der Waals surface area contributed by atoms with Crippen molar-refractivity contribution in [2.75, 3.05) is 0 Å². The van der Waals surface area contributed by atoms with Crippen molar-refractivity contribution in [2.24, 2.45) is 11.8 Å². The predicted molar refractivity (Wildman–Crippen MR) is 90.9 cm³/mol. The Kier molecular flexibility index (Phi) is 3.46. The van der Waals surface area contributed by atoms with Crippen LogP contribution in [0, 0.1) is 11.8 Å². The fourth-order valence-corrected chi connectivity index (χ4v) is 15.2. The van der Waals surface area contributed by atoms with E-state index in [9.17, 15) is 9.13 Å². The van der Waals surface area contributed by atoms with Gasteiger partial charge >= 0.3 is 0 Å². The molecule has 124 valence electrons. The fraction of sp³-hybridized carbons (Fsp3) is 1.00. The third-order valence-corrected chi connectivity index (χ3v) is 17.0. The van der Waals surface area contributed by atoms with Crippen molar-refractivity contribution in [1.82, 2.24) is 0 Å². The Morgan fingerprint density at radius 2 is 0.810 bits per heavy atom. The van der Waals surface area contributed by atoms with Crippen LogP contribution in [0.3, 0.4) is 0 Å². The van der Waals surface area contributed by atoms with E-state index in [1.807, 2.05) is 55.4 Å². The molecule has 0 spiro atoms. The summed E-state index contributed by atoms with van der Waals surface area (Å²) in [5, 5.41) is -1.62. The molecular formula is C16H32O3P2. The van der Waals surface area contributed by atoms with Gasteiger partial charge in [0.15, 0.2) is 0 Å². The van der Waals surface area contributed by atoms with Gasteiger partial charge in [-0.05, 0) is 11.8 Å². The second-order valence-corrected chi connectivity index (χ2v) is 16.7. The second-order valence-electron chi connectivity index (χ2n) is 9.24. The average molecular weight is 334 g/mol. The maximum absolute atomic E-state index is 13.7. The lowest BCUT2D eigenvalue weighted by molar-refractivity contribution is 0.191. The van der Waals surface area contributed by atoms with Crippen LogP contribution in [0.4, 0.5) is 0 Å². The summed E-state index contributed by atoms with van der Waals surface area (Å²) in [5.41, 5.74) is 0. The molecule has 0 aromatic carbocycles. The lowest BCUT2D eigenvalue weighted by Gasteiger charge is -2.67. The first kappa shape index (κ1) is 17.8. The lowest BCUT2D eigenvalue weighted by Crippen LogP contribution is -2.62. The highest BCUT2D eigenvalue weighted by atomic mass is 31.2. The molecule has 2 aliphatic heterocycles. The fourth-order valence-electron chi connectivity index (χ4n) is 4.68. The van der Waals surface area contributed by atoms with Crippen molar-refractivity contribution in [3.8, 4) is 0 Å². The van der Waals surface area contributed by atoms with Gasteiger partial charge in [0.05, 0.1) is 0 Å². The van der Waals surface area contributed by atoms with Gasteiger partial charge in [-0.2, -0.15) is 0 Å². The van der Waals surface area contributed by atoms with Gasteiger partial charge in [-0.1, -0.05) is 69.2 Å². The van der Waals surface area contributed by atoms with Gasteiger partial charge in [-0.3, -0.25) is 13.4 Å². The van der Waals surface area contributed by atoms with Gasteiger partial charge in [0.2, 0.25) is 14.7 Å². The zero-order valence-electron chi connectivity index (χ0n) is 15.3. The molecule has 0 N–H and O–H groups in total. The molecule has 0 aromatic heterocycles. The SMILES string of the molecule is CC1C(C)(C)P(=O)(OP2(=O)C(C)(C)C(C)C2(C)C)C1(C)C. The molecule has 0 unspecified atom stereocenters. The molecule has 5 heteroatoms. The summed E-state index contributed by atoms with van der Waals surface area (Å²) in [6.45, 7) is 20.2. The highest BCUT2D eigenvalue weighted by molar-refractivity contribution is 7.76. The van der Waals surface area contributed by atoms with Crippen LogP contribution in [0.25, 0.3) is 0 Å². The third-order valence-electron chi connectivity index (χ3n) is 7.50. The average Bonchev–Trinajstić information content (AvgIpc) is 2.34. The Morgan fingerprint density at radius 1 is 0.619 bits per heavy atom. The Labute approximate surface area is 130 Å². The Balaban J connectivity index is 2.48. The largest absolute Gasteiger partial charge is 0.291 e. The predicted octanol–water partition coefficient (Wildman–Crippen LogP) is 5.97. The summed E-state index contributed by atoms with van der Waals surface area (Å²) in [7, 11) is -5.98. The molecule has 21 heavy (non-hydrogen) atoms. The Bertz CT molecular complexity index is 482. The Hall–Kier alpha value is 0.420. The van der Waals surface area contributed by atoms with Crippen LogP contribution >= 0.6 is 14.7 Å². The molecule has 2 fully saturated rings. The van der Waals surface area contributed by atoms with Crippen LogP contribution in [0.15, 0.2) is 0 Å². The van der Waals surface area contributed by atoms with Crippen molar-refractivity contribution >= 4 is 14.7 Å². The minimum absolute atomic E-state index is 0.285. The molecule has 0 aliphatic carbocycles. The second kappa shape index (κ2) is 4.08. The van der Waals surface area contributed by atoms with Gasteiger partial charge in [0.25, 0.3) is 0 Å². The van der Waals surface area contributed by atoms with E-state index in [4.69, 9.17) is 4.31 Å². The quantitative estimate of drug-likeness (QED) is 0.584. The summed E-state index contributed by atoms with van der Waals surface area (Å²) in [5.74, 6) is 0.569. The number of hydrogen-bond donors (Lipinski definition) is 0. The number of hydrogen-bond acceptors (Lipinski definition) is 3. The van der Waals surface area contributed by atoms with Gasteiger partial charge in [0, 0.05) is 20.6 Å². The molecule has 3 nitrogen and oxygen atoms in total. The smallest absolute Gasteiger partial charge is 0.220 e. The molecular weight excluding hydrogens is 302 g/mol. The van der Waals surface area contributed by atoms with Gasteiger partial charge in [-0.15, -0.1) is 0 Å². The first-order valence-electron chi connectivity index (χ1n) is 7.93. The van der Waals surface area contributed by atoms with Crippen LogP contribution in [-0.4, -0.2) is 20.6 Å². The minimum atomic E-state index is -2.99. The normalized spacial score (nSPS) is 49.0. The molecule has 0 amide bonds. The van der Waals surface area contributed by atoms with Crippen LogP contribution in [0.5, 0.6) is 0 Å². The summed E-state index contributed by atoms with van der Waals surface area (Å²) < 4.78 is 33.6. The van der Waals surface area contributed by atoms with Gasteiger partial charge in [-0.25, -0.2) is 0 Å². The van der Waals surface area contributed by atoms with E-state index in [2.05, 4.69) is 13.8 Å². The van der Waals surface area contributed by atoms with Crippen LogP contribution in [0.1, 0.15) is 69.2 Å². The van der Waals surface area contributed by atoms with E-state index in [1.165, 1.54) is 0 Å². The standard InChI is InChI=1S/C16H32O3P2/c1-11-13(3,4)20(17,14(11,5)6)19-21(18)15(7,8)12(2)16(21,9)10/h11-12H,1-10H3. The molecule has 2 saturated heterocycles. The highest BCUT2D eigenvalue weighted by Gasteiger charge is 2.77. The monoisotopic (exact) mass is 334 g/mol. The number of rotatable bonds is 2. The van der Waals surface area contributed by atoms with E-state index in [1.54, 1.807) is 0 Å².